The van der Waals surface area contributed by atoms with Crippen molar-refractivity contribution in [2.45, 2.75) is 0 Å². The van der Waals surface area contributed by atoms with Crippen molar-refractivity contribution < 1.29 is 9.53 Å². The summed E-state index contributed by atoms with van der Waals surface area (Å²) < 4.78 is 6.29. The third kappa shape index (κ3) is 4.96. The number of thiophene rings is 1. The summed E-state index contributed by atoms with van der Waals surface area (Å²) in [6, 6.07) is 10.7. The second-order valence-electron chi connectivity index (χ2n) is 3.68. The van der Waals surface area contributed by atoms with Crippen LogP contribution in [0.4, 0.5) is 0 Å². The van der Waals surface area contributed by atoms with Crippen molar-refractivity contribution in [2.75, 3.05) is 6.61 Å². The molecule has 0 unspecified atom stereocenters. The molecule has 1 amide bonds. The zero-order chi connectivity index (χ0) is 14.4. The van der Waals surface area contributed by atoms with Crippen LogP contribution in [0.5, 0.6) is 5.75 Å². The van der Waals surface area contributed by atoms with Crippen molar-refractivity contribution >= 4 is 51.0 Å². The number of benzene rings is 1. The zero-order valence-corrected chi connectivity index (χ0v) is 13.3. The maximum Gasteiger partial charge on any atom is 0.277 e. The Kier molecular flexibility index (Phi) is 5.58. The van der Waals surface area contributed by atoms with Crippen LogP contribution in [0.2, 0.25) is 5.02 Å². The summed E-state index contributed by atoms with van der Waals surface area (Å²) in [4.78, 5) is 12.4. The van der Waals surface area contributed by atoms with Gasteiger partial charge in [0.15, 0.2) is 6.61 Å². The van der Waals surface area contributed by atoms with Crippen molar-refractivity contribution in [3.63, 3.8) is 0 Å². The summed E-state index contributed by atoms with van der Waals surface area (Å²) in [6.07, 6.45) is 1.58. The normalized spacial score (nSPS) is 10.7. The molecule has 2 aromatic rings. The molecule has 0 saturated carbocycles. The first-order chi connectivity index (χ1) is 9.63. The van der Waals surface area contributed by atoms with Gasteiger partial charge in [0.1, 0.15) is 5.75 Å². The predicted octanol–water partition coefficient (Wildman–Crippen LogP) is 3.69. The number of halogens is 2. The summed E-state index contributed by atoms with van der Waals surface area (Å²) in [7, 11) is 0. The maximum absolute atomic E-state index is 11.5. The van der Waals surface area contributed by atoms with Crippen molar-refractivity contribution in [3.8, 4) is 5.75 Å². The topological polar surface area (TPSA) is 50.7 Å². The third-order valence-corrected chi connectivity index (χ3v) is 3.93. The van der Waals surface area contributed by atoms with E-state index in [1.165, 1.54) is 11.3 Å². The number of nitrogens with zero attached hydrogens (tertiary/aromatic N) is 1. The molecule has 0 radical (unpaired) electrons. The first-order valence-corrected chi connectivity index (χ1v) is 7.58. The first-order valence-electron chi connectivity index (χ1n) is 5.59. The molecule has 0 atom stereocenters. The molecule has 1 aromatic carbocycles. The van der Waals surface area contributed by atoms with Crippen LogP contribution < -0.4 is 10.2 Å². The quantitative estimate of drug-likeness (QED) is 0.642. The molecule has 0 aliphatic heterocycles. The molecule has 1 N–H and O–H groups in total. The smallest absolute Gasteiger partial charge is 0.277 e. The molecule has 1 heterocycles. The molecule has 20 heavy (non-hydrogen) atoms. The number of carbonyl (C=O) groups excluding carboxylic acids is 1. The van der Waals surface area contributed by atoms with E-state index < -0.39 is 0 Å². The minimum Gasteiger partial charge on any atom is -0.484 e. The fourth-order valence-corrected chi connectivity index (χ4v) is 2.78. The van der Waals surface area contributed by atoms with Crippen LogP contribution in [-0.2, 0) is 4.79 Å². The van der Waals surface area contributed by atoms with Crippen LogP contribution in [0.15, 0.2) is 45.3 Å². The number of carbonyl (C=O) groups is 1. The van der Waals surface area contributed by atoms with Crippen LogP contribution >= 0.6 is 38.9 Å². The number of amides is 1. The van der Waals surface area contributed by atoms with Gasteiger partial charge in [0, 0.05) is 9.90 Å². The zero-order valence-electron chi connectivity index (χ0n) is 10.2. The third-order valence-electron chi connectivity index (χ3n) is 2.14. The Hall–Kier alpha value is -1.37. The molecule has 0 aliphatic carbocycles. The summed E-state index contributed by atoms with van der Waals surface area (Å²) in [6.45, 7) is -0.119. The Morgan fingerprint density at radius 3 is 3.00 bits per heavy atom. The number of hydrogen-bond acceptors (Lipinski definition) is 4. The Balaban J connectivity index is 1.77. The van der Waals surface area contributed by atoms with Gasteiger partial charge in [0.05, 0.1) is 10.0 Å². The maximum atomic E-state index is 11.5. The molecule has 0 spiro atoms. The number of nitrogens with one attached hydrogen (secondary N) is 1. The minimum absolute atomic E-state index is 0.119. The summed E-state index contributed by atoms with van der Waals surface area (Å²) in [5.74, 6) is 0.204. The Morgan fingerprint density at radius 1 is 1.45 bits per heavy atom. The molecular formula is C13H10BrClN2O2S. The highest BCUT2D eigenvalue weighted by Crippen LogP contribution is 2.20. The molecule has 0 aliphatic rings. The summed E-state index contributed by atoms with van der Waals surface area (Å²) >= 11 is 10.7. The average Bonchev–Trinajstić information content (AvgIpc) is 2.82. The Labute approximate surface area is 133 Å². The number of rotatable bonds is 5. The van der Waals surface area contributed by atoms with E-state index >= 15 is 0 Å². The van der Waals surface area contributed by atoms with Gasteiger partial charge in [-0.05, 0) is 46.3 Å². The van der Waals surface area contributed by atoms with Gasteiger partial charge in [-0.15, -0.1) is 11.3 Å². The van der Waals surface area contributed by atoms with E-state index in [0.29, 0.717) is 10.8 Å². The van der Waals surface area contributed by atoms with E-state index in [1.807, 2.05) is 12.1 Å². The average molecular weight is 374 g/mol. The van der Waals surface area contributed by atoms with E-state index in [9.17, 15) is 4.79 Å². The molecule has 0 fully saturated rings. The highest BCUT2D eigenvalue weighted by Gasteiger charge is 2.01. The van der Waals surface area contributed by atoms with Gasteiger partial charge >= 0.3 is 0 Å². The number of hydrazone groups is 1. The molecular weight excluding hydrogens is 364 g/mol. The van der Waals surface area contributed by atoms with Crippen LogP contribution in [0.3, 0.4) is 0 Å². The van der Waals surface area contributed by atoms with Crippen LogP contribution in [0.1, 0.15) is 4.88 Å². The van der Waals surface area contributed by atoms with E-state index in [-0.39, 0.29) is 12.5 Å². The summed E-state index contributed by atoms with van der Waals surface area (Å²) in [5, 5.41) is 4.40. The van der Waals surface area contributed by atoms with E-state index in [4.69, 9.17) is 16.3 Å². The lowest BCUT2D eigenvalue weighted by Crippen LogP contribution is -2.24. The molecule has 0 bridgehead atoms. The van der Waals surface area contributed by atoms with Gasteiger partial charge in [-0.2, -0.15) is 5.10 Å². The SMILES string of the molecule is O=C(COc1cccc(Cl)c1)N/N=C\c1ccc(Br)s1. The van der Waals surface area contributed by atoms with E-state index in [2.05, 4.69) is 26.5 Å². The molecule has 7 heteroatoms. The fourth-order valence-electron chi connectivity index (χ4n) is 1.30. The Bertz CT molecular complexity index is 630. The largest absolute Gasteiger partial charge is 0.484 e. The molecule has 104 valence electrons. The number of hydrogen-bond donors (Lipinski definition) is 1. The molecule has 1 aromatic heterocycles. The lowest BCUT2D eigenvalue weighted by atomic mass is 10.3. The van der Waals surface area contributed by atoms with Crippen molar-refractivity contribution in [1.29, 1.82) is 0 Å². The van der Waals surface area contributed by atoms with Crippen LogP contribution in [0.25, 0.3) is 0 Å². The van der Waals surface area contributed by atoms with Gasteiger partial charge in [-0.3, -0.25) is 4.79 Å². The lowest BCUT2D eigenvalue weighted by Gasteiger charge is -2.04. The summed E-state index contributed by atoms with van der Waals surface area (Å²) in [5.41, 5.74) is 2.39. The van der Waals surface area contributed by atoms with Crippen LogP contribution in [0, 0.1) is 0 Å². The lowest BCUT2D eigenvalue weighted by molar-refractivity contribution is -0.123. The molecule has 0 saturated heterocycles. The highest BCUT2D eigenvalue weighted by molar-refractivity contribution is 9.11. The highest BCUT2D eigenvalue weighted by atomic mass is 79.9. The fraction of sp³-hybridized carbons (Fsp3) is 0.0769. The van der Waals surface area contributed by atoms with Crippen LogP contribution in [-0.4, -0.2) is 18.7 Å². The van der Waals surface area contributed by atoms with Gasteiger partial charge < -0.3 is 4.74 Å². The van der Waals surface area contributed by atoms with Crippen molar-refractivity contribution in [1.82, 2.24) is 5.43 Å². The van der Waals surface area contributed by atoms with Gasteiger partial charge in [0.25, 0.3) is 5.91 Å². The Morgan fingerprint density at radius 2 is 2.30 bits per heavy atom. The van der Waals surface area contributed by atoms with Gasteiger partial charge in [-0.1, -0.05) is 17.7 Å². The predicted molar refractivity (Wildman–Crippen MR) is 84.7 cm³/mol. The molecule has 4 nitrogen and oxygen atoms in total. The molecule has 2 rings (SSSR count). The van der Waals surface area contributed by atoms with E-state index in [1.54, 1.807) is 30.5 Å². The number of ether oxygens (including phenoxy) is 1. The van der Waals surface area contributed by atoms with Gasteiger partial charge in [0.2, 0.25) is 0 Å². The van der Waals surface area contributed by atoms with Crippen molar-refractivity contribution in [2.24, 2.45) is 5.10 Å². The monoisotopic (exact) mass is 372 g/mol. The second kappa shape index (κ2) is 7.42. The minimum atomic E-state index is -0.336. The second-order valence-corrected chi connectivity index (χ2v) is 6.61. The first kappa shape index (κ1) is 15.0. The van der Waals surface area contributed by atoms with E-state index in [0.717, 1.165) is 8.66 Å². The van der Waals surface area contributed by atoms with Gasteiger partial charge in [-0.25, -0.2) is 5.43 Å². The van der Waals surface area contributed by atoms with Crippen molar-refractivity contribution in [3.05, 3.63) is 50.1 Å². The standard InChI is InChI=1S/C13H10BrClN2O2S/c14-12-5-4-11(20-12)7-16-17-13(18)8-19-10-3-1-2-9(15)6-10/h1-7H,8H2,(H,17,18)/b16-7-.